The van der Waals surface area contributed by atoms with E-state index in [1.165, 1.54) is 30.2 Å². The highest BCUT2D eigenvalue weighted by molar-refractivity contribution is 8.01. The molecule has 0 spiro atoms. The molecule has 2 heterocycles. The molecule has 0 radical (unpaired) electrons. The van der Waals surface area contributed by atoms with Gasteiger partial charge in [-0.15, -0.1) is 10.2 Å². The Morgan fingerprint density at radius 2 is 2.15 bits per heavy atom. The maximum Gasteiger partial charge on any atom is 0.338 e. The van der Waals surface area contributed by atoms with Crippen molar-refractivity contribution in [1.29, 1.82) is 0 Å². The lowest BCUT2D eigenvalue weighted by Crippen LogP contribution is -2.46. The van der Waals surface area contributed by atoms with Crippen molar-refractivity contribution in [2.75, 3.05) is 18.6 Å². The summed E-state index contributed by atoms with van der Waals surface area (Å²) in [7, 11) is 1.32. The van der Waals surface area contributed by atoms with Crippen LogP contribution in [0.1, 0.15) is 22.7 Å². The maximum atomic E-state index is 12.6. The molecule has 2 aromatic rings. The predicted octanol–water partition coefficient (Wildman–Crippen LogP) is 2.31. The summed E-state index contributed by atoms with van der Waals surface area (Å²) in [6.45, 7) is 3.90. The van der Waals surface area contributed by atoms with E-state index in [1.54, 1.807) is 0 Å². The van der Waals surface area contributed by atoms with E-state index in [2.05, 4.69) is 20.8 Å². The van der Waals surface area contributed by atoms with E-state index >= 15 is 0 Å². The molecule has 27 heavy (non-hydrogen) atoms. The Labute approximate surface area is 164 Å². The number of rotatable bonds is 5. The van der Waals surface area contributed by atoms with Gasteiger partial charge < -0.3 is 21.1 Å². The molecule has 1 aromatic heterocycles. The summed E-state index contributed by atoms with van der Waals surface area (Å²) < 4.78 is 5.64. The number of carbonyl (C=O) groups is 2. The van der Waals surface area contributed by atoms with E-state index in [4.69, 9.17) is 10.5 Å². The van der Waals surface area contributed by atoms with E-state index in [9.17, 15) is 9.59 Å². The number of aryl methyl sites for hydroxylation is 2. The highest BCUT2D eigenvalue weighted by Gasteiger charge is 2.34. The van der Waals surface area contributed by atoms with Crippen LogP contribution in [0, 0.1) is 13.8 Å². The number of nitrogens with zero attached hydrogens (tertiary/aromatic N) is 2. The number of nitrogens with one attached hydrogen (secondary N) is 2. The van der Waals surface area contributed by atoms with Gasteiger partial charge in [0.05, 0.1) is 18.7 Å². The lowest BCUT2D eigenvalue weighted by atomic mass is 9.91. The van der Waals surface area contributed by atoms with Crippen LogP contribution in [0.25, 0.3) is 0 Å². The standard InChI is InChI=1S/C17H19N5O3S2/c1-8-4-5-9(2)10(6-8)13-12(14(23)25-3)11(19-16(24)20-13)7-26-17-22-21-15(18)27-17/h4-6,13H,7H2,1-3H3,(H2,18,21)(H2,19,20,24). The Balaban J connectivity index is 2.01. The lowest BCUT2D eigenvalue weighted by Gasteiger charge is -2.30. The minimum Gasteiger partial charge on any atom is -0.466 e. The fraction of sp³-hybridized carbons (Fsp3) is 0.294. The van der Waals surface area contributed by atoms with Gasteiger partial charge in [-0.05, 0) is 25.0 Å². The summed E-state index contributed by atoms with van der Waals surface area (Å²) in [5.74, 6) is -0.172. The van der Waals surface area contributed by atoms with Crippen molar-refractivity contribution in [3.8, 4) is 0 Å². The molecule has 0 bridgehead atoms. The first kappa shape index (κ1) is 19.2. The van der Waals surface area contributed by atoms with E-state index < -0.39 is 12.0 Å². The Morgan fingerprint density at radius 3 is 2.81 bits per heavy atom. The number of aromatic nitrogens is 2. The van der Waals surface area contributed by atoms with Crippen LogP contribution in [0.2, 0.25) is 0 Å². The van der Waals surface area contributed by atoms with Gasteiger partial charge in [-0.2, -0.15) is 0 Å². The van der Waals surface area contributed by atoms with Gasteiger partial charge in [0.15, 0.2) is 4.34 Å². The fourth-order valence-electron chi connectivity index (χ4n) is 2.80. The molecule has 1 aliphatic rings. The molecule has 0 saturated carbocycles. The molecule has 1 unspecified atom stereocenters. The summed E-state index contributed by atoms with van der Waals surface area (Å²) in [4.78, 5) is 24.8. The number of benzene rings is 1. The molecular weight excluding hydrogens is 386 g/mol. The van der Waals surface area contributed by atoms with Crippen LogP contribution in [0.15, 0.2) is 33.8 Å². The number of anilines is 1. The van der Waals surface area contributed by atoms with Gasteiger partial charge >= 0.3 is 12.0 Å². The Bertz CT molecular complexity index is 925. The fourth-order valence-corrected chi connectivity index (χ4v) is 4.40. The zero-order chi connectivity index (χ0) is 19.6. The SMILES string of the molecule is COC(=O)C1=C(CSc2nnc(N)s2)NC(=O)NC1c1cc(C)ccc1C. The van der Waals surface area contributed by atoms with Gasteiger partial charge in [-0.1, -0.05) is 46.9 Å². The normalized spacial score (nSPS) is 16.7. The van der Waals surface area contributed by atoms with Gasteiger partial charge in [0.1, 0.15) is 0 Å². The van der Waals surface area contributed by atoms with Gasteiger partial charge in [0.2, 0.25) is 5.13 Å². The quantitative estimate of drug-likeness (QED) is 0.516. The van der Waals surface area contributed by atoms with Crippen LogP contribution in [-0.2, 0) is 9.53 Å². The predicted molar refractivity (Wildman–Crippen MR) is 104 cm³/mol. The zero-order valence-corrected chi connectivity index (χ0v) is 16.7. The van der Waals surface area contributed by atoms with Crippen LogP contribution in [0.4, 0.5) is 9.93 Å². The number of hydrogen-bond acceptors (Lipinski definition) is 8. The molecule has 2 amide bonds. The average Bonchev–Trinajstić information content (AvgIpc) is 3.06. The van der Waals surface area contributed by atoms with Crippen molar-refractivity contribution < 1.29 is 14.3 Å². The molecule has 142 valence electrons. The molecule has 3 rings (SSSR count). The number of esters is 1. The maximum absolute atomic E-state index is 12.6. The zero-order valence-electron chi connectivity index (χ0n) is 15.0. The van der Waals surface area contributed by atoms with Gasteiger partial charge in [0.25, 0.3) is 0 Å². The van der Waals surface area contributed by atoms with Crippen molar-refractivity contribution in [2.45, 2.75) is 24.2 Å². The second-order valence-corrected chi connectivity index (χ2v) is 8.20. The van der Waals surface area contributed by atoms with E-state index in [0.717, 1.165) is 16.7 Å². The van der Waals surface area contributed by atoms with Crippen molar-refractivity contribution in [3.63, 3.8) is 0 Å². The minimum atomic E-state index is -0.596. The third-order valence-corrected chi connectivity index (χ3v) is 5.98. The Hall–Kier alpha value is -2.59. The molecule has 4 N–H and O–H groups in total. The van der Waals surface area contributed by atoms with E-state index in [0.29, 0.717) is 26.5 Å². The number of thioether (sulfide) groups is 1. The lowest BCUT2D eigenvalue weighted by molar-refractivity contribution is -0.136. The largest absolute Gasteiger partial charge is 0.466 e. The minimum absolute atomic E-state index is 0.327. The first-order valence-corrected chi connectivity index (χ1v) is 9.87. The first-order valence-electron chi connectivity index (χ1n) is 8.07. The monoisotopic (exact) mass is 405 g/mol. The Kier molecular flexibility index (Phi) is 5.66. The van der Waals surface area contributed by atoms with Crippen LogP contribution in [0.5, 0.6) is 0 Å². The van der Waals surface area contributed by atoms with Crippen LogP contribution < -0.4 is 16.4 Å². The van der Waals surface area contributed by atoms with Gasteiger partial charge in [0, 0.05) is 11.4 Å². The number of amides is 2. The van der Waals surface area contributed by atoms with Gasteiger partial charge in [-0.3, -0.25) is 0 Å². The molecule has 0 saturated heterocycles. The summed E-state index contributed by atoms with van der Waals surface area (Å²) in [6, 6.07) is 4.94. The third-order valence-electron chi connectivity index (χ3n) is 4.07. The molecule has 1 aromatic carbocycles. The number of methoxy groups -OCH3 is 1. The van der Waals surface area contributed by atoms with Crippen molar-refractivity contribution in [1.82, 2.24) is 20.8 Å². The first-order chi connectivity index (χ1) is 12.9. The summed E-state index contributed by atoms with van der Waals surface area (Å²) in [6.07, 6.45) is 0. The molecular formula is C17H19N5O3S2. The number of ether oxygens (including phenoxy) is 1. The smallest absolute Gasteiger partial charge is 0.338 e. The second kappa shape index (κ2) is 7.97. The number of hydrogen-bond donors (Lipinski definition) is 3. The summed E-state index contributed by atoms with van der Waals surface area (Å²) in [5, 5.41) is 13.6. The van der Waals surface area contributed by atoms with Gasteiger partial charge in [-0.25, -0.2) is 9.59 Å². The number of carbonyl (C=O) groups excluding carboxylic acids is 2. The van der Waals surface area contributed by atoms with Crippen LogP contribution >= 0.6 is 23.1 Å². The topological polar surface area (TPSA) is 119 Å². The molecule has 1 aliphatic heterocycles. The molecule has 10 heteroatoms. The van der Waals surface area contributed by atoms with E-state index in [-0.39, 0.29) is 6.03 Å². The summed E-state index contributed by atoms with van der Waals surface area (Å²) >= 11 is 2.59. The average molecular weight is 406 g/mol. The molecule has 8 nitrogen and oxygen atoms in total. The number of nitrogens with two attached hydrogens (primary N) is 1. The Morgan fingerprint density at radius 1 is 1.37 bits per heavy atom. The third kappa shape index (κ3) is 4.22. The highest BCUT2D eigenvalue weighted by Crippen LogP contribution is 2.33. The van der Waals surface area contributed by atoms with Crippen LogP contribution in [-0.4, -0.2) is 35.1 Å². The van der Waals surface area contributed by atoms with Crippen molar-refractivity contribution in [3.05, 3.63) is 46.2 Å². The van der Waals surface area contributed by atoms with E-state index in [1.807, 2.05) is 32.0 Å². The van der Waals surface area contributed by atoms with Crippen LogP contribution in [0.3, 0.4) is 0 Å². The molecule has 1 atom stereocenters. The number of nitrogen functional groups attached to an aromatic ring is 1. The molecule has 0 aliphatic carbocycles. The van der Waals surface area contributed by atoms with Crippen molar-refractivity contribution in [2.24, 2.45) is 0 Å². The number of urea groups is 1. The highest BCUT2D eigenvalue weighted by atomic mass is 32.2. The summed E-state index contributed by atoms with van der Waals surface area (Å²) in [5.41, 5.74) is 9.31. The van der Waals surface area contributed by atoms with Crippen molar-refractivity contribution >= 4 is 40.2 Å². The second-order valence-electron chi connectivity index (χ2n) is 5.97. The molecule has 0 fully saturated rings.